The van der Waals surface area contributed by atoms with Crippen LogP contribution < -0.4 is 5.69 Å². The highest BCUT2D eigenvalue weighted by Crippen LogP contribution is 2.27. The van der Waals surface area contributed by atoms with Gasteiger partial charge in [0.2, 0.25) is 0 Å². The molecule has 0 N–H and O–H groups in total. The van der Waals surface area contributed by atoms with E-state index in [9.17, 15) is 4.79 Å². The zero-order valence-electron chi connectivity index (χ0n) is 14.9. The molecule has 0 atom stereocenters. The second-order valence-electron chi connectivity index (χ2n) is 6.41. The summed E-state index contributed by atoms with van der Waals surface area (Å²) in [6.45, 7) is 8.30. The molecule has 1 heterocycles. The lowest BCUT2D eigenvalue weighted by Gasteiger charge is -2.16. The van der Waals surface area contributed by atoms with Crippen molar-refractivity contribution in [3.63, 3.8) is 0 Å². The predicted octanol–water partition coefficient (Wildman–Crippen LogP) is 3.03. The summed E-state index contributed by atoms with van der Waals surface area (Å²) < 4.78 is 3.61. The summed E-state index contributed by atoms with van der Waals surface area (Å²) in [6, 6.07) is 5.87. The molecular weight excluding hydrogens is 342 g/mol. The van der Waals surface area contributed by atoms with Gasteiger partial charge in [-0.15, -0.1) is 11.8 Å². The average Bonchev–Trinajstić information content (AvgIpc) is 2.83. The molecule has 2 aromatic rings. The topological polar surface area (TPSA) is 65.1 Å². The third-order valence-corrected chi connectivity index (χ3v) is 5.34. The summed E-state index contributed by atoms with van der Waals surface area (Å²) in [5, 5.41) is 7.77. The van der Waals surface area contributed by atoms with Crippen molar-refractivity contribution in [2.75, 3.05) is 6.26 Å². The van der Waals surface area contributed by atoms with Crippen molar-refractivity contribution >= 4 is 27.9 Å². The maximum atomic E-state index is 12.2. The van der Waals surface area contributed by atoms with Crippen LogP contribution in [0.25, 0.3) is 5.69 Å². The number of nitrogens with zero attached hydrogens (tertiary/aromatic N) is 5. The summed E-state index contributed by atoms with van der Waals surface area (Å²) in [5.74, 6) is 0.723. The first-order valence-corrected chi connectivity index (χ1v) is 9.78. The Kier molecular flexibility index (Phi) is 5.92. The van der Waals surface area contributed by atoms with Crippen LogP contribution in [0.1, 0.15) is 31.9 Å². The Morgan fingerprint density at radius 2 is 2.00 bits per heavy atom. The van der Waals surface area contributed by atoms with Crippen LogP contribution in [0, 0.1) is 6.92 Å². The van der Waals surface area contributed by atoms with Crippen LogP contribution in [0.2, 0.25) is 0 Å². The lowest BCUT2D eigenvalue weighted by atomic mass is 10.1. The fourth-order valence-corrected chi connectivity index (χ4v) is 4.08. The van der Waals surface area contributed by atoms with E-state index in [0.717, 1.165) is 26.9 Å². The number of benzene rings is 1. The minimum Gasteiger partial charge on any atom is -0.266 e. The van der Waals surface area contributed by atoms with Crippen LogP contribution >= 0.6 is 23.5 Å². The standard InChI is InChI=1S/C16H23N5OS2/c1-11-8-7-9-13(21-15(22)20(5)18-19-21)12(11)10-24-14(23-6)17-16(2,3)4/h7-9H,10H2,1-6H3/b17-14+. The first-order chi connectivity index (χ1) is 11.2. The number of tetrazole rings is 1. The van der Waals surface area contributed by atoms with Crippen molar-refractivity contribution in [1.29, 1.82) is 0 Å². The van der Waals surface area contributed by atoms with Gasteiger partial charge in [0.15, 0.2) is 0 Å². The van der Waals surface area contributed by atoms with E-state index in [1.165, 1.54) is 9.36 Å². The number of hydrogen-bond donors (Lipinski definition) is 0. The van der Waals surface area contributed by atoms with Crippen molar-refractivity contribution in [1.82, 2.24) is 19.8 Å². The largest absolute Gasteiger partial charge is 0.368 e. The number of rotatable bonds is 3. The molecule has 0 aliphatic heterocycles. The lowest BCUT2D eigenvalue weighted by Crippen LogP contribution is -2.23. The summed E-state index contributed by atoms with van der Waals surface area (Å²) in [7, 11) is 1.60. The maximum absolute atomic E-state index is 12.2. The fourth-order valence-electron chi connectivity index (χ4n) is 2.08. The molecule has 8 heteroatoms. The van der Waals surface area contributed by atoms with E-state index in [2.05, 4.69) is 31.2 Å². The van der Waals surface area contributed by atoms with Crippen molar-refractivity contribution in [3.8, 4) is 5.69 Å². The zero-order valence-corrected chi connectivity index (χ0v) is 16.5. The normalized spacial score (nSPS) is 12.7. The SMILES string of the molecule is CS/C(=N\C(C)(C)C)SCc1c(C)cccc1-n1nnn(C)c1=O. The lowest BCUT2D eigenvalue weighted by molar-refractivity contribution is 0.587. The highest BCUT2D eigenvalue weighted by atomic mass is 32.2. The van der Waals surface area contributed by atoms with Crippen LogP contribution in [-0.2, 0) is 12.8 Å². The van der Waals surface area contributed by atoms with Gasteiger partial charge in [0.25, 0.3) is 0 Å². The monoisotopic (exact) mass is 365 g/mol. The quantitative estimate of drug-likeness (QED) is 0.618. The highest BCUT2D eigenvalue weighted by Gasteiger charge is 2.15. The van der Waals surface area contributed by atoms with Crippen LogP contribution in [-0.4, -0.2) is 36.0 Å². The smallest absolute Gasteiger partial charge is 0.266 e. The number of aliphatic imine (C=N–C) groups is 1. The van der Waals surface area contributed by atoms with Gasteiger partial charge in [0.1, 0.15) is 4.38 Å². The Labute approximate surface area is 150 Å². The van der Waals surface area contributed by atoms with Crippen molar-refractivity contribution in [2.45, 2.75) is 39.0 Å². The molecule has 0 bridgehead atoms. The Morgan fingerprint density at radius 3 is 2.54 bits per heavy atom. The first kappa shape index (κ1) is 18.8. The van der Waals surface area contributed by atoms with E-state index in [-0.39, 0.29) is 11.2 Å². The summed E-state index contributed by atoms with van der Waals surface area (Å²) in [4.78, 5) is 16.9. The second-order valence-corrected chi connectivity index (χ2v) is 8.43. The van der Waals surface area contributed by atoms with Gasteiger partial charge in [0.05, 0.1) is 11.2 Å². The van der Waals surface area contributed by atoms with E-state index < -0.39 is 0 Å². The van der Waals surface area contributed by atoms with Gasteiger partial charge in [-0.25, -0.2) is 4.79 Å². The number of aromatic nitrogens is 4. The van der Waals surface area contributed by atoms with Gasteiger partial charge in [0, 0.05) is 12.8 Å². The summed E-state index contributed by atoms with van der Waals surface area (Å²) in [5.41, 5.74) is 2.61. The first-order valence-electron chi connectivity index (χ1n) is 7.57. The minimum atomic E-state index is -0.250. The molecule has 0 saturated carbocycles. The number of hydrogen-bond acceptors (Lipinski definition) is 6. The molecule has 0 aliphatic rings. The van der Waals surface area contributed by atoms with E-state index in [1.807, 2.05) is 31.4 Å². The Balaban J connectivity index is 2.36. The molecular formula is C16H23N5OS2. The molecule has 6 nitrogen and oxygen atoms in total. The van der Waals surface area contributed by atoms with Gasteiger partial charge in [-0.05, 0) is 61.6 Å². The van der Waals surface area contributed by atoms with Crippen LogP contribution in [0.4, 0.5) is 0 Å². The summed E-state index contributed by atoms with van der Waals surface area (Å²) >= 11 is 3.32. The average molecular weight is 366 g/mol. The molecule has 0 radical (unpaired) electrons. The van der Waals surface area contributed by atoms with Gasteiger partial charge < -0.3 is 0 Å². The number of thioether (sulfide) groups is 2. The van der Waals surface area contributed by atoms with Crippen molar-refractivity contribution in [2.24, 2.45) is 12.0 Å². The summed E-state index contributed by atoms with van der Waals surface area (Å²) in [6.07, 6.45) is 2.03. The molecule has 0 unspecified atom stereocenters. The van der Waals surface area contributed by atoms with E-state index in [0.29, 0.717) is 0 Å². The van der Waals surface area contributed by atoms with Gasteiger partial charge >= 0.3 is 5.69 Å². The molecule has 0 fully saturated rings. The molecule has 0 spiro atoms. The third kappa shape index (κ3) is 4.51. The molecule has 1 aromatic carbocycles. The van der Waals surface area contributed by atoms with Gasteiger partial charge in [-0.3, -0.25) is 4.99 Å². The highest BCUT2D eigenvalue weighted by molar-refractivity contribution is 8.38. The predicted molar refractivity (Wildman–Crippen MR) is 103 cm³/mol. The van der Waals surface area contributed by atoms with E-state index >= 15 is 0 Å². The second kappa shape index (κ2) is 7.57. The fraction of sp³-hybridized carbons (Fsp3) is 0.500. The van der Waals surface area contributed by atoms with Crippen molar-refractivity contribution < 1.29 is 0 Å². The maximum Gasteiger partial charge on any atom is 0.368 e. The van der Waals surface area contributed by atoms with Crippen LogP contribution in [0.5, 0.6) is 0 Å². The van der Waals surface area contributed by atoms with Crippen LogP contribution in [0.3, 0.4) is 0 Å². The van der Waals surface area contributed by atoms with Gasteiger partial charge in [-0.2, -0.15) is 9.36 Å². The molecule has 130 valence electrons. The third-order valence-electron chi connectivity index (χ3n) is 3.28. The zero-order chi connectivity index (χ0) is 17.9. The molecule has 0 aliphatic carbocycles. The Bertz CT molecular complexity index is 802. The van der Waals surface area contributed by atoms with Gasteiger partial charge in [-0.1, -0.05) is 23.9 Å². The van der Waals surface area contributed by atoms with E-state index in [1.54, 1.807) is 30.6 Å². The minimum absolute atomic E-state index is 0.109. The molecule has 24 heavy (non-hydrogen) atoms. The van der Waals surface area contributed by atoms with Crippen LogP contribution in [0.15, 0.2) is 28.0 Å². The molecule has 2 rings (SSSR count). The van der Waals surface area contributed by atoms with E-state index in [4.69, 9.17) is 4.99 Å². The molecule has 1 aromatic heterocycles. The molecule has 0 amide bonds. The molecule has 0 saturated heterocycles. The Hall–Kier alpha value is -1.54. The Morgan fingerprint density at radius 1 is 1.29 bits per heavy atom. The van der Waals surface area contributed by atoms with Crippen molar-refractivity contribution in [3.05, 3.63) is 39.8 Å². The number of aryl methyl sites for hydroxylation is 2.